The second-order valence-electron chi connectivity index (χ2n) is 3.94. The smallest absolute Gasteiger partial charge is 0.0471 e. The van der Waals surface area contributed by atoms with Crippen LogP contribution in [0.4, 0.5) is 0 Å². The Labute approximate surface area is 96.3 Å². The molecule has 0 aromatic carbocycles. The van der Waals surface area contributed by atoms with E-state index in [1.54, 1.807) is 0 Å². The molecule has 0 bridgehead atoms. The predicted octanol–water partition coefficient (Wildman–Crippen LogP) is 2.21. The van der Waals surface area contributed by atoms with E-state index in [1.807, 2.05) is 11.3 Å². The maximum absolute atomic E-state index is 9.02. The van der Waals surface area contributed by atoms with Crippen molar-refractivity contribution in [3.05, 3.63) is 21.9 Å². The van der Waals surface area contributed by atoms with Crippen molar-refractivity contribution in [2.24, 2.45) is 5.92 Å². The highest BCUT2D eigenvalue weighted by Crippen LogP contribution is 2.15. The van der Waals surface area contributed by atoms with E-state index in [0.29, 0.717) is 12.5 Å². The largest absolute Gasteiger partial charge is 0.396 e. The van der Waals surface area contributed by atoms with Crippen LogP contribution in [0.25, 0.3) is 0 Å². The van der Waals surface area contributed by atoms with Crippen molar-refractivity contribution in [1.82, 2.24) is 5.32 Å². The SMILES string of the molecule is CCC(CO)CNCCc1sccc1C. The summed E-state index contributed by atoms with van der Waals surface area (Å²) < 4.78 is 0. The molecule has 0 saturated carbocycles. The third kappa shape index (κ3) is 4.33. The number of aliphatic hydroxyl groups excluding tert-OH is 1. The van der Waals surface area contributed by atoms with E-state index in [4.69, 9.17) is 5.11 Å². The number of hydrogen-bond donors (Lipinski definition) is 2. The number of hydrogen-bond acceptors (Lipinski definition) is 3. The first kappa shape index (κ1) is 12.7. The summed E-state index contributed by atoms with van der Waals surface area (Å²) >= 11 is 1.83. The molecule has 1 unspecified atom stereocenters. The number of aryl methyl sites for hydroxylation is 1. The molecular weight excluding hydrogens is 206 g/mol. The van der Waals surface area contributed by atoms with Crippen LogP contribution in [0.5, 0.6) is 0 Å². The van der Waals surface area contributed by atoms with E-state index in [9.17, 15) is 0 Å². The van der Waals surface area contributed by atoms with Gasteiger partial charge in [0.15, 0.2) is 0 Å². The lowest BCUT2D eigenvalue weighted by atomic mass is 10.1. The van der Waals surface area contributed by atoms with Crippen molar-refractivity contribution in [3.8, 4) is 0 Å². The van der Waals surface area contributed by atoms with Gasteiger partial charge >= 0.3 is 0 Å². The van der Waals surface area contributed by atoms with Crippen LogP contribution in [0.15, 0.2) is 11.4 Å². The fraction of sp³-hybridized carbons (Fsp3) is 0.667. The van der Waals surface area contributed by atoms with Crippen LogP contribution >= 0.6 is 11.3 Å². The van der Waals surface area contributed by atoms with Crippen LogP contribution in [-0.4, -0.2) is 24.8 Å². The fourth-order valence-corrected chi connectivity index (χ4v) is 2.42. The van der Waals surface area contributed by atoms with Gasteiger partial charge in [-0.1, -0.05) is 6.92 Å². The van der Waals surface area contributed by atoms with E-state index in [0.717, 1.165) is 25.9 Å². The zero-order valence-corrected chi connectivity index (χ0v) is 10.4. The summed E-state index contributed by atoms with van der Waals surface area (Å²) in [4.78, 5) is 1.47. The van der Waals surface area contributed by atoms with E-state index >= 15 is 0 Å². The third-order valence-corrected chi connectivity index (χ3v) is 3.85. The van der Waals surface area contributed by atoms with Gasteiger partial charge in [-0.25, -0.2) is 0 Å². The summed E-state index contributed by atoms with van der Waals surface area (Å²) in [5, 5.41) is 14.6. The molecule has 3 heteroatoms. The van der Waals surface area contributed by atoms with Gasteiger partial charge in [0, 0.05) is 18.0 Å². The molecule has 1 aromatic heterocycles. The summed E-state index contributed by atoms with van der Waals surface area (Å²) in [6.45, 7) is 6.51. The Morgan fingerprint density at radius 1 is 1.53 bits per heavy atom. The van der Waals surface area contributed by atoms with Crippen LogP contribution in [-0.2, 0) is 6.42 Å². The number of aliphatic hydroxyl groups is 1. The first-order valence-corrected chi connectivity index (χ1v) is 6.50. The lowest BCUT2D eigenvalue weighted by Crippen LogP contribution is -2.26. The third-order valence-electron chi connectivity index (χ3n) is 2.77. The minimum absolute atomic E-state index is 0.293. The molecule has 1 rings (SSSR count). The topological polar surface area (TPSA) is 32.3 Å². The maximum Gasteiger partial charge on any atom is 0.0471 e. The van der Waals surface area contributed by atoms with E-state index < -0.39 is 0 Å². The summed E-state index contributed by atoms with van der Waals surface area (Å²) in [6.07, 6.45) is 2.15. The molecule has 2 N–H and O–H groups in total. The Hall–Kier alpha value is -0.380. The molecule has 0 aliphatic rings. The second kappa shape index (κ2) is 6.99. The maximum atomic E-state index is 9.02. The molecule has 2 nitrogen and oxygen atoms in total. The molecule has 0 aliphatic heterocycles. The summed E-state index contributed by atoms with van der Waals surface area (Å²) in [5.41, 5.74) is 1.40. The molecule has 86 valence electrons. The number of rotatable bonds is 7. The van der Waals surface area contributed by atoms with Crippen LogP contribution in [0.1, 0.15) is 23.8 Å². The predicted molar refractivity (Wildman–Crippen MR) is 66.5 cm³/mol. The van der Waals surface area contributed by atoms with Gasteiger partial charge in [0.25, 0.3) is 0 Å². The molecule has 1 aromatic rings. The second-order valence-corrected chi connectivity index (χ2v) is 4.94. The Balaban J connectivity index is 2.14. The highest BCUT2D eigenvalue weighted by Gasteiger charge is 2.04. The molecule has 0 saturated heterocycles. The molecule has 0 spiro atoms. The van der Waals surface area contributed by atoms with Crippen LogP contribution < -0.4 is 5.32 Å². The zero-order valence-electron chi connectivity index (χ0n) is 9.62. The quantitative estimate of drug-likeness (QED) is 0.700. The van der Waals surface area contributed by atoms with Crippen molar-refractivity contribution in [3.63, 3.8) is 0 Å². The molecular formula is C12H21NOS. The van der Waals surface area contributed by atoms with Crippen LogP contribution in [0, 0.1) is 12.8 Å². The molecule has 15 heavy (non-hydrogen) atoms. The first-order valence-electron chi connectivity index (χ1n) is 5.62. The van der Waals surface area contributed by atoms with Gasteiger partial charge in [0.1, 0.15) is 0 Å². The molecule has 0 aliphatic carbocycles. The summed E-state index contributed by atoms with van der Waals surface area (Å²) in [6, 6.07) is 2.17. The number of thiophene rings is 1. The van der Waals surface area contributed by atoms with Gasteiger partial charge in [0.05, 0.1) is 0 Å². The monoisotopic (exact) mass is 227 g/mol. The molecule has 1 heterocycles. The fourth-order valence-electron chi connectivity index (χ4n) is 1.51. The van der Waals surface area contributed by atoms with Gasteiger partial charge in [-0.2, -0.15) is 0 Å². The van der Waals surface area contributed by atoms with Gasteiger partial charge in [-0.15, -0.1) is 11.3 Å². The first-order chi connectivity index (χ1) is 7.27. The van der Waals surface area contributed by atoms with Crippen molar-refractivity contribution in [1.29, 1.82) is 0 Å². The van der Waals surface area contributed by atoms with Gasteiger partial charge in [0.2, 0.25) is 0 Å². The van der Waals surface area contributed by atoms with E-state index in [2.05, 4.69) is 30.6 Å². The van der Waals surface area contributed by atoms with Crippen LogP contribution in [0.2, 0.25) is 0 Å². The Bertz CT molecular complexity index is 268. The van der Waals surface area contributed by atoms with Crippen molar-refractivity contribution in [2.75, 3.05) is 19.7 Å². The van der Waals surface area contributed by atoms with Crippen molar-refractivity contribution in [2.45, 2.75) is 26.7 Å². The standard InChI is InChI=1S/C12H21NOS/c1-3-11(9-14)8-13-6-4-12-10(2)5-7-15-12/h5,7,11,13-14H,3-4,6,8-9H2,1-2H3. The van der Waals surface area contributed by atoms with Crippen molar-refractivity contribution >= 4 is 11.3 Å². The molecule has 0 radical (unpaired) electrons. The average Bonchev–Trinajstić information content (AvgIpc) is 2.65. The Morgan fingerprint density at radius 3 is 2.87 bits per heavy atom. The van der Waals surface area contributed by atoms with Crippen molar-refractivity contribution < 1.29 is 5.11 Å². The number of nitrogens with one attached hydrogen (secondary N) is 1. The van der Waals surface area contributed by atoms with Gasteiger partial charge < -0.3 is 10.4 Å². The van der Waals surface area contributed by atoms with Gasteiger partial charge in [-0.05, 0) is 49.2 Å². The minimum Gasteiger partial charge on any atom is -0.396 e. The molecule has 1 atom stereocenters. The lowest BCUT2D eigenvalue weighted by Gasteiger charge is -2.12. The minimum atomic E-state index is 0.293. The van der Waals surface area contributed by atoms with Gasteiger partial charge in [-0.3, -0.25) is 0 Å². The zero-order chi connectivity index (χ0) is 11.1. The summed E-state index contributed by atoms with van der Waals surface area (Å²) in [5.74, 6) is 0.412. The molecule has 0 fully saturated rings. The van der Waals surface area contributed by atoms with E-state index in [1.165, 1.54) is 10.4 Å². The molecule has 0 amide bonds. The lowest BCUT2D eigenvalue weighted by molar-refractivity contribution is 0.219. The summed E-state index contributed by atoms with van der Waals surface area (Å²) in [7, 11) is 0. The highest BCUT2D eigenvalue weighted by atomic mass is 32.1. The van der Waals surface area contributed by atoms with Crippen LogP contribution in [0.3, 0.4) is 0 Å². The normalized spacial score (nSPS) is 13.0. The Kier molecular flexibility index (Phi) is 5.91. The van der Waals surface area contributed by atoms with E-state index in [-0.39, 0.29) is 0 Å². The Morgan fingerprint density at radius 2 is 2.33 bits per heavy atom. The average molecular weight is 227 g/mol. The highest BCUT2D eigenvalue weighted by molar-refractivity contribution is 7.10.